The van der Waals surface area contributed by atoms with Crippen molar-refractivity contribution < 1.29 is 19.0 Å². The van der Waals surface area contributed by atoms with E-state index in [1.54, 1.807) is 25.2 Å². The van der Waals surface area contributed by atoms with Crippen LogP contribution >= 0.6 is 0 Å². The Morgan fingerprint density at radius 2 is 1.81 bits per heavy atom. The number of rotatable bonds is 4. The highest BCUT2D eigenvalue weighted by Gasteiger charge is 2.37. The van der Waals surface area contributed by atoms with Gasteiger partial charge in [0.1, 0.15) is 30.0 Å². The normalized spacial score (nSPS) is 17.0. The van der Waals surface area contributed by atoms with E-state index in [9.17, 15) is 4.79 Å². The molecule has 6 nitrogen and oxygen atoms in total. The minimum absolute atomic E-state index is 0.109. The van der Waals surface area contributed by atoms with Gasteiger partial charge in [0.2, 0.25) is 0 Å². The number of para-hydroxylation sites is 2. The number of hydrogen-bond donors (Lipinski definition) is 1. The summed E-state index contributed by atoms with van der Waals surface area (Å²) in [6.45, 7) is 0.374. The van der Waals surface area contributed by atoms with E-state index in [0.29, 0.717) is 29.4 Å². The average Bonchev–Trinajstić information content (AvgIpc) is 2.83. The molecule has 2 aliphatic rings. The van der Waals surface area contributed by atoms with E-state index in [0.717, 1.165) is 22.6 Å². The minimum Gasteiger partial charge on any atom is -0.497 e. The second kappa shape index (κ2) is 7.72. The fraction of sp³-hybridized carbons (Fsp3) is 0.160. The van der Waals surface area contributed by atoms with Crippen LogP contribution in [0.15, 0.2) is 72.3 Å². The van der Waals surface area contributed by atoms with Crippen molar-refractivity contribution in [2.75, 3.05) is 31.0 Å². The summed E-state index contributed by atoms with van der Waals surface area (Å²) in [5.41, 5.74) is 3.98. The maximum Gasteiger partial charge on any atom is 0.262 e. The van der Waals surface area contributed by atoms with Crippen LogP contribution in [0, 0.1) is 0 Å². The molecule has 0 saturated carbocycles. The monoisotopic (exact) mass is 414 g/mol. The lowest BCUT2D eigenvalue weighted by atomic mass is 9.99. The van der Waals surface area contributed by atoms with E-state index < -0.39 is 6.17 Å². The number of nitrogens with zero attached hydrogens (tertiary/aromatic N) is 1. The minimum atomic E-state index is -0.432. The van der Waals surface area contributed by atoms with Gasteiger partial charge in [-0.05, 0) is 36.4 Å². The Labute approximate surface area is 180 Å². The molecule has 1 atom stereocenters. The third-order valence-electron chi connectivity index (χ3n) is 5.58. The number of hydrogen-bond acceptors (Lipinski definition) is 5. The molecule has 156 valence electrons. The largest absolute Gasteiger partial charge is 0.497 e. The molecule has 3 aromatic rings. The maximum absolute atomic E-state index is 13.7. The van der Waals surface area contributed by atoms with Gasteiger partial charge in [-0.25, -0.2) is 0 Å². The van der Waals surface area contributed by atoms with Crippen LogP contribution in [0.25, 0.3) is 6.08 Å². The zero-order valence-corrected chi connectivity index (χ0v) is 17.3. The summed E-state index contributed by atoms with van der Waals surface area (Å²) in [6.07, 6.45) is 1.65. The Bertz CT molecular complexity index is 1190. The highest BCUT2D eigenvalue weighted by Crippen LogP contribution is 2.40. The van der Waals surface area contributed by atoms with Gasteiger partial charge < -0.3 is 19.5 Å². The van der Waals surface area contributed by atoms with Gasteiger partial charge >= 0.3 is 0 Å². The number of methoxy groups -OCH3 is 2. The lowest BCUT2D eigenvalue weighted by Gasteiger charge is -2.40. The molecule has 0 aromatic heterocycles. The first kappa shape index (κ1) is 19.1. The van der Waals surface area contributed by atoms with E-state index in [1.807, 2.05) is 60.7 Å². The Balaban J connectivity index is 1.65. The molecule has 0 radical (unpaired) electrons. The quantitative estimate of drug-likeness (QED) is 0.677. The van der Waals surface area contributed by atoms with Crippen molar-refractivity contribution in [3.63, 3.8) is 0 Å². The van der Waals surface area contributed by atoms with Gasteiger partial charge in [-0.3, -0.25) is 9.69 Å². The number of carbonyl (C=O) groups excluding carboxylic acids is 1. The summed E-state index contributed by atoms with van der Waals surface area (Å²) in [4.78, 5) is 15.4. The zero-order chi connectivity index (χ0) is 21.4. The highest BCUT2D eigenvalue weighted by atomic mass is 16.5. The molecule has 2 aliphatic heterocycles. The molecular weight excluding hydrogens is 392 g/mol. The molecule has 0 saturated heterocycles. The summed E-state index contributed by atoms with van der Waals surface area (Å²) < 4.78 is 16.9. The summed E-state index contributed by atoms with van der Waals surface area (Å²) in [5, 5.41) is 3.53. The fourth-order valence-corrected chi connectivity index (χ4v) is 4.04. The lowest BCUT2D eigenvalue weighted by molar-refractivity contribution is 0.0977. The molecule has 5 rings (SSSR count). The first-order valence-corrected chi connectivity index (χ1v) is 10.0. The first-order valence-electron chi connectivity index (χ1n) is 10.0. The van der Waals surface area contributed by atoms with Crippen molar-refractivity contribution in [2.24, 2.45) is 0 Å². The van der Waals surface area contributed by atoms with Crippen LogP contribution in [-0.4, -0.2) is 32.9 Å². The molecule has 1 N–H and O–H groups in total. The number of carbonyl (C=O) groups is 1. The van der Waals surface area contributed by atoms with Crippen LogP contribution in [0.4, 0.5) is 11.4 Å². The molecule has 0 spiro atoms. The predicted molar refractivity (Wildman–Crippen MR) is 120 cm³/mol. The molecule has 0 bridgehead atoms. The van der Waals surface area contributed by atoms with E-state index in [-0.39, 0.29) is 5.91 Å². The van der Waals surface area contributed by atoms with Crippen molar-refractivity contribution in [1.29, 1.82) is 0 Å². The van der Waals surface area contributed by atoms with Gasteiger partial charge in [-0.2, -0.15) is 0 Å². The molecule has 6 heteroatoms. The van der Waals surface area contributed by atoms with Gasteiger partial charge in [0.15, 0.2) is 0 Å². The maximum atomic E-state index is 13.7. The van der Waals surface area contributed by atoms with Gasteiger partial charge in [-0.15, -0.1) is 0 Å². The lowest BCUT2D eigenvalue weighted by Crippen LogP contribution is -2.51. The smallest absolute Gasteiger partial charge is 0.262 e. The number of benzene rings is 3. The van der Waals surface area contributed by atoms with Crippen molar-refractivity contribution >= 4 is 23.4 Å². The van der Waals surface area contributed by atoms with E-state index in [2.05, 4.69) is 11.4 Å². The fourth-order valence-electron chi connectivity index (χ4n) is 4.04. The SMILES string of the molecule is COc1ccc(N2C(=O)c3ccccc3NC2C2=Cc3ccccc3OC2)c(OC)c1. The highest BCUT2D eigenvalue weighted by molar-refractivity contribution is 6.13. The van der Waals surface area contributed by atoms with Crippen LogP contribution in [0.5, 0.6) is 17.2 Å². The summed E-state index contributed by atoms with van der Waals surface area (Å²) in [7, 11) is 3.19. The van der Waals surface area contributed by atoms with E-state index in [1.165, 1.54) is 0 Å². The van der Waals surface area contributed by atoms with E-state index >= 15 is 0 Å². The van der Waals surface area contributed by atoms with E-state index in [4.69, 9.17) is 14.2 Å². The number of ether oxygens (including phenoxy) is 3. The summed E-state index contributed by atoms with van der Waals surface area (Å²) in [5.74, 6) is 1.94. The zero-order valence-electron chi connectivity index (χ0n) is 17.3. The Morgan fingerprint density at radius 3 is 2.65 bits per heavy atom. The van der Waals surface area contributed by atoms with Crippen LogP contribution < -0.4 is 24.4 Å². The molecule has 2 heterocycles. The van der Waals surface area contributed by atoms with Crippen molar-refractivity contribution in [2.45, 2.75) is 6.17 Å². The summed E-state index contributed by atoms with van der Waals surface area (Å²) in [6, 6.07) is 20.8. The van der Waals surface area contributed by atoms with Crippen LogP contribution in [-0.2, 0) is 0 Å². The molecule has 1 unspecified atom stereocenters. The third-order valence-corrected chi connectivity index (χ3v) is 5.58. The number of fused-ring (bicyclic) bond motifs is 2. The van der Waals surface area contributed by atoms with Crippen molar-refractivity contribution in [1.82, 2.24) is 0 Å². The van der Waals surface area contributed by atoms with Crippen molar-refractivity contribution in [3.05, 3.63) is 83.4 Å². The van der Waals surface area contributed by atoms with Crippen LogP contribution in [0.3, 0.4) is 0 Å². The Kier molecular flexibility index (Phi) is 4.75. The molecule has 0 fully saturated rings. The van der Waals surface area contributed by atoms with Gasteiger partial charge in [0.05, 0.1) is 25.5 Å². The van der Waals surface area contributed by atoms with Crippen molar-refractivity contribution in [3.8, 4) is 17.2 Å². The molecule has 1 amide bonds. The molecule has 3 aromatic carbocycles. The third kappa shape index (κ3) is 3.26. The second-order valence-electron chi connectivity index (χ2n) is 7.35. The average molecular weight is 414 g/mol. The van der Waals surface area contributed by atoms with Crippen LogP contribution in [0.1, 0.15) is 15.9 Å². The molecule has 0 aliphatic carbocycles. The van der Waals surface area contributed by atoms with Gasteiger partial charge in [0, 0.05) is 22.9 Å². The molecule has 31 heavy (non-hydrogen) atoms. The Hall–Kier alpha value is -3.93. The number of amides is 1. The van der Waals surface area contributed by atoms with Crippen LogP contribution in [0.2, 0.25) is 0 Å². The number of nitrogens with one attached hydrogen (secondary N) is 1. The molecular formula is C25H22N2O4. The Morgan fingerprint density at radius 1 is 1.00 bits per heavy atom. The predicted octanol–water partition coefficient (Wildman–Crippen LogP) is 4.58. The van der Waals surface area contributed by atoms with Gasteiger partial charge in [0.25, 0.3) is 5.91 Å². The number of anilines is 2. The topological polar surface area (TPSA) is 60.0 Å². The standard InChI is InChI=1S/C25H22N2O4/c1-29-18-11-12-21(23(14-18)30-2)27-24(26-20-9-5-4-8-19(20)25(27)28)17-13-16-7-3-6-10-22(16)31-15-17/h3-14,24,26H,15H2,1-2H3. The summed E-state index contributed by atoms with van der Waals surface area (Å²) >= 11 is 0. The second-order valence-corrected chi connectivity index (χ2v) is 7.35. The van der Waals surface area contributed by atoms with Gasteiger partial charge in [-0.1, -0.05) is 30.3 Å². The first-order chi connectivity index (χ1) is 15.2.